The van der Waals surface area contributed by atoms with Crippen LogP contribution in [0.2, 0.25) is 0 Å². The maximum Gasteiger partial charge on any atom is 0.0709 e. The van der Waals surface area contributed by atoms with E-state index >= 15 is 0 Å². The van der Waals surface area contributed by atoms with Crippen LogP contribution in [-0.4, -0.2) is 16.2 Å². The van der Waals surface area contributed by atoms with Crippen LogP contribution < -0.4 is 5.32 Å². The lowest BCUT2D eigenvalue weighted by molar-refractivity contribution is 0.278. The SMILES string of the molecule is CCNC(c1cnn2ccccc12)C(C)(C)C. The number of aromatic nitrogens is 2. The minimum absolute atomic E-state index is 0.176. The Labute approximate surface area is 103 Å². The van der Waals surface area contributed by atoms with E-state index in [2.05, 4.69) is 50.2 Å². The fourth-order valence-electron chi connectivity index (χ4n) is 2.26. The van der Waals surface area contributed by atoms with Crippen molar-refractivity contribution in [2.24, 2.45) is 5.41 Å². The molecule has 2 aromatic heterocycles. The lowest BCUT2D eigenvalue weighted by Gasteiger charge is -2.31. The molecule has 2 heterocycles. The highest BCUT2D eigenvalue weighted by Gasteiger charge is 2.27. The van der Waals surface area contributed by atoms with E-state index in [1.54, 1.807) is 0 Å². The van der Waals surface area contributed by atoms with E-state index in [1.807, 2.05) is 23.0 Å². The fraction of sp³-hybridized carbons (Fsp3) is 0.500. The molecule has 0 radical (unpaired) electrons. The van der Waals surface area contributed by atoms with Crippen LogP contribution in [0.25, 0.3) is 5.52 Å². The zero-order valence-corrected chi connectivity index (χ0v) is 11.1. The van der Waals surface area contributed by atoms with Crippen molar-refractivity contribution in [3.63, 3.8) is 0 Å². The molecule has 2 rings (SSSR count). The summed E-state index contributed by atoms with van der Waals surface area (Å²) in [7, 11) is 0. The zero-order chi connectivity index (χ0) is 12.5. The minimum Gasteiger partial charge on any atom is -0.310 e. The van der Waals surface area contributed by atoms with E-state index in [1.165, 1.54) is 11.1 Å². The van der Waals surface area contributed by atoms with E-state index in [-0.39, 0.29) is 5.41 Å². The van der Waals surface area contributed by atoms with Crippen LogP contribution in [0.5, 0.6) is 0 Å². The number of pyridine rings is 1. The van der Waals surface area contributed by atoms with E-state index in [0.29, 0.717) is 6.04 Å². The summed E-state index contributed by atoms with van der Waals surface area (Å²) >= 11 is 0. The number of nitrogens with zero attached hydrogens (tertiary/aromatic N) is 2. The predicted octanol–water partition coefficient (Wildman–Crippen LogP) is 3.03. The standard InChI is InChI=1S/C14H21N3/c1-5-15-13(14(2,3)4)11-10-16-17-9-7-6-8-12(11)17/h6-10,13,15H,5H2,1-4H3. The van der Waals surface area contributed by atoms with Gasteiger partial charge in [-0.15, -0.1) is 0 Å². The molecule has 3 nitrogen and oxygen atoms in total. The van der Waals surface area contributed by atoms with Gasteiger partial charge in [0.1, 0.15) is 0 Å². The Kier molecular flexibility index (Phi) is 3.20. The zero-order valence-electron chi connectivity index (χ0n) is 11.1. The Hall–Kier alpha value is -1.35. The normalized spacial score (nSPS) is 14.1. The maximum atomic E-state index is 4.41. The van der Waals surface area contributed by atoms with Gasteiger partial charge in [-0.05, 0) is 24.1 Å². The van der Waals surface area contributed by atoms with Crippen molar-refractivity contribution in [1.29, 1.82) is 0 Å². The summed E-state index contributed by atoms with van der Waals surface area (Å²) in [5.74, 6) is 0. The van der Waals surface area contributed by atoms with Gasteiger partial charge in [-0.2, -0.15) is 5.10 Å². The Bertz CT molecular complexity index is 493. The van der Waals surface area contributed by atoms with Gasteiger partial charge >= 0.3 is 0 Å². The molecule has 1 unspecified atom stereocenters. The molecule has 2 aromatic rings. The molecule has 3 heteroatoms. The van der Waals surface area contributed by atoms with Crippen LogP contribution in [0, 0.1) is 5.41 Å². The van der Waals surface area contributed by atoms with Gasteiger partial charge in [-0.25, -0.2) is 4.52 Å². The average molecular weight is 231 g/mol. The van der Waals surface area contributed by atoms with Gasteiger partial charge in [-0.1, -0.05) is 33.8 Å². The summed E-state index contributed by atoms with van der Waals surface area (Å²) in [6, 6.07) is 6.51. The first-order chi connectivity index (χ1) is 8.04. The maximum absolute atomic E-state index is 4.41. The first-order valence-corrected chi connectivity index (χ1v) is 6.19. The van der Waals surface area contributed by atoms with Crippen LogP contribution in [0.4, 0.5) is 0 Å². The average Bonchev–Trinajstić information content (AvgIpc) is 2.68. The second-order valence-electron chi connectivity index (χ2n) is 5.49. The van der Waals surface area contributed by atoms with Gasteiger partial charge in [0.2, 0.25) is 0 Å². The van der Waals surface area contributed by atoms with Gasteiger partial charge < -0.3 is 5.32 Å². The number of fused-ring (bicyclic) bond motifs is 1. The molecule has 0 aliphatic carbocycles. The summed E-state index contributed by atoms with van der Waals surface area (Å²) in [6.07, 6.45) is 3.97. The van der Waals surface area contributed by atoms with Gasteiger partial charge in [0, 0.05) is 17.8 Å². The van der Waals surface area contributed by atoms with Crippen molar-refractivity contribution in [2.75, 3.05) is 6.54 Å². The molecule has 1 N–H and O–H groups in total. The van der Waals surface area contributed by atoms with Crippen LogP contribution in [0.3, 0.4) is 0 Å². The molecule has 0 saturated heterocycles. The van der Waals surface area contributed by atoms with Crippen molar-refractivity contribution in [1.82, 2.24) is 14.9 Å². The second kappa shape index (κ2) is 4.49. The number of rotatable bonds is 3. The van der Waals surface area contributed by atoms with Gasteiger partial charge in [0.05, 0.1) is 11.7 Å². The van der Waals surface area contributed by atoms with Crippen LogP contribution >= 0.6 is 0 Å². The van der Waals surface area contributed by atoms with Crippen molar-refractivity contribution >= 4 is 5.52 Å². The van der Waals surface area contributed by atoms with E-state index in [4.69, 9.17) is 0 Å². The van der Waals surface area contributed by atoms with E-state index in [9.17, 15) is 0 Å². The molecule has 0 aliphatic heterocycles. The predicted molar refractivity (Wildman–Crippen MR) is 71.1 cm³/mol. The number of hydrogen-bond donors (Lipinski definition) is 1. The summed E-state index contributed by atoms with van der Waals surface area (Å²) in [6.45, 7) is 9.88. The Balaban J connectivity index is 2.49. The molecule has 0 aliphatic rings. The smallest absolute Gasteiger partial charge is 0.0709 e. The second-order valence-corrected chi connectivity index (χ2v) is 5.49. The van der Waals surface area contributed by atoms with Gasteiger partial charge in [0.25, 0.3) is 0 Å². The monoisotopic (exact) mass is 231 g/mol. The fourth-order valence-corrected chi connectivity index (χ4v) is 2.26. The van der Waals surface area contributed by atoms with E-state index in [0.717, 1.165) is 6.54 Å². The summed E-state index contributed by atoms with van der Waals surface area (Å²) < 4.78 is 1.94. The third-order valence-corrected chi connectivity index (χ3v) is 3.04. The van der Waals surface area contributed by atoms with Gasteiger partial charge in [-0.3, -0.25) is 0 Å². The van der Waals surface area contributed by atoms with Crippen LogP contribution in [0.1, 0.15) is 39.3 Å². The van der Waals surface area contributed by atoms with Crippen molar-refractivity contribution in [2.45, 2.75) is 33.7 Å². The molecule has 0 spiro atoms. The highest BCUT2D eigenvalue weighted by Crippen LogP contribution is 2.34. The molecule has 0 aromatic carbocycles. The summed E-state index contributed by atoms with van der Waals surface area (Å²) in [5.41, 5.74) is 2.64. The molecule has 17 heavy (non-hydrogen) atoms. The number of nitrogens with one attached hydrogen (secondary N) is 1. The third kappa shape index (κ3) is 2.34. The molecular weight excluding hydrogens is 210 g/mol. The quantitative estimate of drug-likeness (QED) is 0.879. The van der Waals surface area contributed by atoms with Crippen molar-refractivity contribution in [3.8, 4) is 0 Å². The Morgan fingerprint density at radius 2 is 2.12 bits per heavy atom. The highest BCUT2D eigenvalue weighted by atomic mass is 15.2. The lowest BCUT2D eigenvalue weighted by Crippen LogP contribution is -2.32. The largest absolute Gasteiger partial charge is 0.310 e. The molecule has 0 fully saturated rings. The molecular formula is C14H21N3. The topological polar surface area (TPSA) is 29.3 Å². The van der Waals surface area contributed by atoms with Crippen molar-refractivity contribution < 1.29 is 0 Å². The van der Waals surface area contributed by atoms with E-state index < -0.39 is 0 Å². The molecule has 0 bridgehead atoms. The van der Waals surface area contributed by atoms with Crippen molar-refractivity contribution in [3.05, 3.63) is 36.2 Å². The first kappa shape index (κ1) is 12.1. The summed E-state index contributed by atoms with van der Waals surface area (Å²) in [5, 5.41) is 7.98. The molecule has 92 valence electrons. The third-order valence-electron chi connectivity index (χ3n) is 3.04. The van der Waals surface area contributed by atoms with Crippen LogP contribution in [-0.2, 0) is 0 Å². The first-order valence-electron chi connectivity index (χ1n) is 6.19. The number of hydrogen-bond acceptors (Lipinski definition) is 2. The molecule has 0 amide bonds. The molecule has 0 saturated carbocycles. The molecule has 1 atom stereocenters. The minimum atomic E-state index is 0.176. The van der Waals surface area contributed by atoms with Gasteiger partial charge in [0.15, 0.2) is 0 Å². The Morgan fingerprint density at radius 3 is 2.76 bits per heavy atom. The van der Waals surface area contributed by atoms with Crippen LogP contribution in [0.15, 0.2) is 30.6 Å². The summed E-state index contributed by atoms with van der Waals surface area (Å²) in [4.78, 5) is 0. The highest BCUT2D eigenvalue weighted by molar-refractivity contribution is 5.55. The lowest BCUT2D eigenvalue weighted by atomic mass is 9.83. The Morgan fingerprint density at radius 1 is 1.35 bits per heavy atom.